The van der Waals surface area contributed by atoms with Gasteiger partial charge in [0.05, 0.1) is 11.4 Å². The van der Waals surface area contributed by atoms with E-state index in [0.29, 0.717) is 0 Å². The zero-order chi connectivity index (χ0) is 85.6. The predicted molar refractivity (Wildman–Crippen MR) is 543 cm³/mol. The number of fused-ring (bicyclic) bond motifs is 2. The minimum Gasteiger partial charge on any atom is -0.311 e. The zero-order valence-electron chi connectivity index (χ0n) is 70.6. The predicted octanol–water partition coefficient (Wildman–Crippen LogP) is 34.8. The summed E-state index contributed by atoms with van der Waals surface area (Å²) in [5.41, 5.74) is 31.8. The largest absolute Gasteiger partial charge is 0.311 e. The fourth-order valence-corrected chi connectivity index (χ4v) is 17.3. The van der Waals surface area contributed by atoms with Crippen LogP contribution in [-0.4, -0.2) is 0 Å². The Balaban J connectivity index is 0.000000188. The molecule has 21 aromatic rings. The van der Waals surface area contributed by atoms with Gasteiger partial charge in [0.1, 0.15) is 0 Å². The summed E-state index contributed by atoms with van der Waals surface area (Å²) >= 11 is 0. The molecule has 0 aliphatic rings. The summed E-state index contributed by atoms with van der Waals surface area (Å²) in [5, 5.41) is 4.90. The van der Waals surface area contributed by atoms with Crippen molar-refractivity contribution in [2.45, 2.75) is 0 Å². The first-order chi connectivity index (χ1) is 63.5. The molecular formula is C122H90N6. The molecule has 21 aromatic carbocycles. The molecule has 6 nitrogen and oxygen atoms in total. The Kier molecular flexibility index (Phi) is 23.2. The van der Waals surface area contributed by atoms with Gasteiger partial charge < -0.3 is 29.4 Å². The molecule has 0 atom stereocenters. The average molecular weight is 1640 g/mol. The highest BCUT2D eigenvalue weighted by Crippen LogP contribution is 2.46. The molecule has 0 fully saturated rings. The fraction of sp³-hybridized carbons (Fsp3) is 0. The molecule has 0 aliphatic carbocycles. The van der Waals surface area contributed by atoms with Crippen LogP contribution >= 0.6 is 0 Å². The van der Waals surface area contributed by atoms with Gasteiger partial charge in [-0.15, -0.1) is 0 Å². The molecule has 0 unspecified atom stereocenters. The molecule has 0 saturated carbocycles. The zero-order valence-corrected chi connectivity index (χ0v) is 70.6. The van der Waals surface area contributed by atoms with Gasteiger partial charge in [0.25, 0.3) is 0 Å². The third-order valence-corrected chi connectivity index (χ3v) is 23.7. The minimum atomic E-state index is 1.09. The molecule has 0 aromatic heterocycles. The van der Waals surface area contributed by atoms with Gasteiger partial charge in [-0.3, -0.25) is 0 Å². The SMILES string of the molecule is c1ccc(N(c2ccc(-c3ccc(N(c4ccccc4)c4cccc5ccccc45)cc3)cc2)c2cccc3ccccc23)cc1.c1ccc(N(c2ccccc2)c2ccc(-c3ccc(N(c4ccccc4)c4ccc(-c5ccc(-c6ccc(N(c7ccccc7)c7ccc(-c8ccc(N(c9ccccc9)c9ccccc9)cc8)cc7)cc6)cc5)cc4)cc3)cc2)cc1. The van der Waals surface area contributed by atoms with Gasteiger partial charge in [-0.2, -0.15) is 0 Å². The summed E-state index contributed by atoms with van der Waals surface area (Å²) < 4.78 is 0. The average Bonchev–Trinajstić information content (AvgIpc) is 0.791. The van der Waals surface area contributed by atoms with Crippen molar-refractivity contribution in [3.63, 3.8) is 0 Å². The van der Waals surface area contributed by atoms with E-state index in [9.17, 15) is 0 Å². The van der Waals surface area contributed by atoms with Crippen molar-refractivity contribution in [1.82, 2.24) is 0 Å². The second kappa shape index (κ2) is 37.3. The van der Waals surface area contributed by atoms with Crippen molar-refractivity contribution >= 4 is 124 Å². The number of para-hydroxylation sites is 8. The second-order valence-corrected chi connectivity index (χ2v) is 31.6. The van der Waals surface area contributed by atoms with Gasteiger partial charge in [0.2, 0.25) is 0 Å². The first-order valence-corrected chi connectivity index (χ1v) is 43.6. The van der Waals surface area contributed by atoms with Crippen LogP contribution in [0.15, 0.2) is 546 Å². The molecule has 0 spiro atoms. The lowest BCUT2D eigenvalue weighted by molar-refractivity contribution is 1.28. The Bertz CT molecular complexity index is 6660. The molecular weight excluding hydrogens is 1550 g/mol. The molecule has 0 amide bonds. The summed E-state index contributed by atoms with van der Waals surface area (Å²) in [6, 6.07) is 195. The van der Waals surface area contributed by atoms with Crippen LogP contribution in [0, 0.1) is 0 Å². The molecule has 0 aliphatic heterocycles. The quantitative estimate of drug-likeness (QED) is 0.0631. The van der Waals surface area contributed by atoms with Crippen LogP contribution in [0.1, 0.15) is 0 Å². The lowest BCUT2D eigenvalue weighted by Crippen LogP contribution is -2.10. The van der Waals surface area contributed by atoms with Gasteiger partial charge in [0, 0.05) is 102 Å². The van der Waals surface area contributed by atoms with Gasteiger partial charge >= 0.3 is 0 Å². The second-order valence-electron chi connectivity index (χ2n) is 31.6. The number of hydrogen-bond donors (Lipinski definition) is 0. The molecule has 0 bridgehead atoms. The summed E-state index contributed by atoms with van der Waals surface area (Å²) in [4.78, 5) is 13.9. The third-order valence-electron chi connectivity index (χ3n) is 23.7. The molecule has 0 N–H and O–H groups in total. The van der Waals surface area contributed by atoms with E-state index in [0.717, 1.165) is 136 Å². The highest BCUT2D eigenvalue weighted by atomic mass is 15.2. The smallest absolute Gasteiger partial charge is 0.0540 e. The maximum Gasteiger partial charge on any atom is 0.0540 e. The number of rotatable bonds is 23. The van der Waals surface area contributed by atoms with E-state index in [-0.39, 0.29) is 0 Å². The van der Waals surface area contributed by atoms with E-state index in [1.807, 2.05) is 0 Å². The standard InChI is InChI=1S/C78H58N4.C44H32N2/c1-7-19-67(20-8-1)79(68-21-9-2-10-22-68)73-47-39-63(40-48-73)65-43-55-77(56-44-65)81(71-27-15-5-16-28-71)75-51-35-61(36-52-75)59-31-33-60(34-32-59)62-37-53-76(54-38-62)82(72-29-17-6-18-30-72)78-57-45-66(46-58-78)64-41-49-74(50-42-64)80(69-23-11-3-12-24-69)70-25-13-4-14-26-70;1-3-17-37(18-4-1)45(43-23-11-15-35-13-7-9-21-41(35)43)39-29-25-33(26-30-39)34-27-31-40(32-28-34)46(38-19-5-2-6-20-38)44-24-12-16-36-14-8-10-22-42(36)44/h1-58H;1-32H. The van der Waals surface area contributed by atoms with E-state index < -0.39 is 0 Å². The third kappa shape index (κ3) is 17.3. The van der Waals surface area contributed by atoms with Crippen molar-refractivity contribution in [3.8, 4) is 55.6 Å². The first-order valence-electron chi connectivity index (χ1n) is 43.6. The summed E-state index contributed by atoms with van der Waals surface area (Å²) in [5.74, 6) is 0. The van der Waals surface area contributed by atoms with Crippen molar-refractivity contribution in [2.75, 3.05) is 29.4 Å². The lowest BCUT2D eigenvalue weighted by atomic mass is 9.99. The molecule has 0 saturated heterocycles. The number of nitrogens with zero attached hydrogens (tertiary/aromatic N) is 6. The Morgan fingerprint density at radius 2 is 0.211 bits per heavy atom. The van der Waals surface area contributed by atoms with E-state index in [4.69, 9.17) is 0 Å². The van der Waals surface area contributed by atoms with Gasteiger partial charge in [0.15, 0.2) is 0 Å². The maximum atomic E-state index is 2.34. The van der Waals surface area contributed by atoms with Crippen LogP contribution in [-0.2, 0) is 0 Å². The van der Waals surface area contributed by atoms with Crippen LogP contribution in [0.5, 0.6) is 0 Å². The Hall–Kier alpha value is -17.1. The number of hydrogen-bond acceptors (Lipinski definition) is 6. The van der Waals surface area contributed by atoms with Crippen molar-refractivity contribution in [3.05, 3.63) is 546 Å². The number of benzene rings is 21. The van der Waals surface area contributed by atoms with E-state index >= 15 is 0 Å². The summed E-state index contributed by atoms with van der Waals surface area (Å²) in [7, 11) is 0. The van der Waals surface area contributed by atoms with E-state index in [2.05, 4.69) is 575 Å². The highest BCUT2D eigenvalue weighted by molar-refractivity contribution is 6.01. The minimum absolute atomic E-state index is 1.09. The molecule has 608 valence electrons. The topological polar surface area (TPSA) is 19.4 Å². The molecule has 21 rings (SSSR count). The summed E-state index contributed by atoms with van der Waals surface area (Å²) in [6.07, 6.45) is 0. The fourth-order valence-electron chi connectivity index (χ4n) is 17.3. The summed E-state index contributed by atoms with van der Waals surface area (Å²) in [6.45, 7) is 0. The molecule has 0 heterocycles. The normalized spacial score (nSPS) is 11.0. The van der Waals surface area contributed by atoms with Crippen LogP contribution < -0.4 is 29.4 Å². The monoisotopic (exact) mass is 1640 g/mol. The molecule has 6 heteroatoms. The van der Waals surface area contributed by atoms with Crippen LogP contribution in [0.25, 0.3) is 77.2 Å². The van der Waals surface area contributed by atoms with Crippen molar-refractivity contribution < 1.29 is 0 Å². The lowest BCUT2D eigenvalue weighted by Gasteiger charge is -2.27. The van der Waals surface area contributed by atoms with E-state index in [1.165, 1.54) is 43.8 Å². The van der Waals surface area contributed by atoms with Crippen molar-refractivity contribution in [2.24, 2.45) is 0 Å². The van der Waals surface area contributed by atoms with Gasteiger partial charge in [-0.05, 0) is 273 Å². The number of anilines is 18. The van der Waals surface area contributed by atoms with Gasteiger partial charge in [-0.25, -0.2) is 0 Å². The highest BCUT2D eigenvalue weighted by Gasteiger charge is 2.22. The van der Waals surface area contributed by atoms with Crippen molar-refractivity contribution in [1.29, 1.82) is 0 Å². The van der Waals surface area contributed by atoms with E-state index in [1.54, 1.807) is 0 Å². The van der Waals surface area contributed by atoms with Gasteiger partial charge in [-0.1, -0.05) is 340 Å². The van der Waals surface area contributed by atoms with Crippen LogP contribution in [0.2, 0.25) is 0 Å². The first kappa shape index (κ1) is 79.4. The Morgan fingerprint density at radius 1 is 0.0859 bits per heavy atom. The maximum absolute atomic E-state index is 2.34. The molecule has 0 radical (unpaired) electrons. The Labute approximate surface area is 749 Å². The van der Waals surface area contributed by atoms with Crippen LogP contribution in [0.4, 0.5) is 102 Å². The van der Waals surface area contributed by atoms with Crippen LogP contribution in [0.3, 0.4) is 0 Å². The molecule has 128 heavy (non-hydrogen) atoms. The Morgan fingerprint density at radius 3 is 0.391 bits per heavy atom.